The van der Waals surface area contributed by atoms with Crippen molar-refractivity contribution in [2.45, 2.75) is 13.8 Å². The van der Waals surface area contributed by atoms with Gasteiger partial charge in [0.25, 0.3) is 0 Å². The van der Waals surface area contributed by atoms with Crippen LogP contribution >= 0.6 is 0 Å². The van der Waals surface area contributed by atoms with Gasteiger partial charge in [-0.15, -0.1) is 5.92 Å². The molecule has 0 spiro atoms. The van der Waals surface area contributed by atoms with Gasteiger partial charge in [0.2, 0.25) is 0 Å². The van der Waals surface area contributed by atoms with Crippen LogP contribution in [0.4, 0.5) is 0 Å². The van der Waals surface area contributed by atoms with E-state index in [-0.39, 0.29) is 0 Å². The Bertz CT molecular complexity index is 541. The second kappa shape index (κ2) is 5.34. The Morgan fingerprint density at radius 3 is 2.62 bits per heavy atom. The first kappa shape index (κ1) is 12.3. The molecule has 2 N–H and O–H groups in total. The number of fused-ring (bicyclic) bond motifs is 1. The van der Waals surface area contributed by atoms with Crippen LogP contribution in [0.2, 0.25) is 0 Å². The van der Waals surface area contributed by atoms with E-state index in [2.05, 4.69) is 40.2 Å². The van der Waals surface area contributed by atoms with E-state index in [9.17, 15) is 0 Å². The Morgan fingerprint density at radius 1 is 1.31 bits per heavy atom. The monoisotopic (exact) mass is 215 g/mol. The number of aromatic nitrogens is 2. The highest BCUT2D eigenvalue weighted by Gasteiger charge is 2.06. The molecule has 2 aromatic heterocycles. The molecule has 2 heterocycles. The molecule has 0 aliphatic heterocycles. The van der Waals surface area contributed by atoms with Gasteiger partial charge in [-0.1, -0.05) is 5.92 Å². The molecular weight excluding hydrogens is 198 g/mol. The normalized spacial score (nSPS) is 9.06. The smallest absolute Gasteiger partial charge is 0.0679 e. The molecule has 0 aromatic carbocycles. The predicted molar refractivity (Wildman–Crippen MR) is 68.1 cm³/mol. The average Bonchev–Trinajstić information content (AvgIpc) is 2.61. The van der Waals surface area contributed by atoms with Crippen LogP contribution in [0, 0.1) is 18.8 Å². The van der Waals surface area contributed by atoms with Gasteiger partial charge in [-0.2, -0.15) is 0 Å². The SMILES string of the molecule is CC#Cc1cn(C)c2cncc(C)c12.CN. The molecule has 0 amide bonds. The molecule has 0 saturated carbocycles. The van der Waals surface area contributed by atoms with Crippen LogP contribution in [0.5, 0.6) is 0 Å². The first-order chi connectivity index (χ1) is 7.74. The lowest BCUT2D eigenvalue weighted by atomic mass is 10.1. The lowest BCUT2D eigenvalue weighted by Crippen LogP contribution is -1.85. The highest BCUT2D eigenvalue weighted by molar-refractivity contribution is 5.88. The topological polar surface area (TPSA) is 43.8 Å². The second-order valence-electron chi connectivity index (χ2n) is 3.38. The molecule has 0 bridgehead atoms. The van der Waals surface area contributed by atoms with E-state index < -0.39 is 0 Å². The maximum atomic E-state index is 4.50. The van der Waals surface area contributed by atoms with Gasteiger partial charge in [0.1, 0.15) is 0 Å². The van der Waals surface area contributed by atoms with Gasteiger partial charge < -0.3 is 10.3 Å². The number of hydrogen-bond acceptors (Lipinski definition) is 2. The summed E-state index contributed by atoms with van der Waals surface area (Å²) in [6.45, 7) is 3.92. The molecule has 0 unspecified atom stereocenters. The summed E-state index contributed by atoms with van der Waals surface area (Å²) in [5.41, 5.74) is 7.91. The molecular formula is C13H17N3. The van der Waals surface area contributed by atoms with E-state index in [1.807, 2.05) is 26.4 Å². The van der Waals surface area contributed by atoms with Crippen molar-refractivity contribution in [1.29, 1.82) is 0 Å². The Morgan fingerprint density at radius 2 is 2.00 bits per heavy atom. The van der Waals surface area contributed by atoms with Gasteiger partial charge in [-0.25, -0.2) is 0 Å². The fourth-order valence-corrected chi connectivity index (χ4v) is 1.73. The third-order valence-corrected chi connectivity index (χ3v) is 2.35. The van der Waals surface area contributed by atoms with Crippen molar-refractivity contribution in [1.82, 2.24) is 9.55 Å². The number of aryl methyl sites for hydroxylation is 2. The van der Waals surface area contributed by atoms with Crippen LogP contribution in [-0.2, 0) is 7.05 Å². The molecule has 2 rings (SSSR count). The maximum absolute atomic E-state index is 4.50. The zero-order valence-corrected chi connectivity index (χ0v) is 10.2. The molecule has 3 heteroatoms. The van der Waals surface area contributed by atoms with Gasteiger partial charge in [0.05, 0.1) is 17.3 Å². The van der Waals surface area contributed by atoms with Crippen LogP contribution in [0.3, 0.4) is 0 Å². The standard InChI is InChI=1S/C12H12N2.CH5N/c1-4-5-10-8-14(3)11-7-13-6-9(2)12(10)11;1-2/h6-8H,1-3H3;2H2,1H3. The van der Waals surface area contributed by atoms with Gasteiger partial charge >= 0.3 is 0 Å². The molecule has 0 atom stereocenters. The van der Waals surface area contributed by atoms with Crippen LogP contribution < -0.4 is 5.73 Å². The molecule has 0 aliphatic rings. The minimum absolute atomic E-state index is 1.09. The average molecular weight is 215 g/mol. The van der Waals surface area contributed by atoms with Gasteiger partial charge in [0, 0.05) is 24.8 Å². The maximum Gasteiger partial charge on any atom is 0.0679 e. The number of nitrogens with zero attached hydrogens (tertiary/aromatic N) is 2. The summed E-state index contributed by atoms with van der Waals surface area (Å²) < 4.78 is 2.06. The zero-order valence-electron chi connectivity index (χ0n) is 10.2. The highest BCUT2D eigenvalue weighted by atomic mass is 14.9. The van der Waals surface area contributed by atoms with E-state index in [1.54, 1.807) is 0 Å². The summed E-state index contributed by atoms with van der Waals surface area (Å²) >= 11 is 0. The summed E-state index contributed by atoms with van der Waals surface area (Å²) in [4.78, 5) is 4.18. The van der Waals surface area contributed by atoms with Crippen molar-refractivity contribution >= 4 is 10.9 Å². The van der Waals surface area contributed by atoms with E-state index in [4.69, 9.17) is 0 Å². The molecule has 0 aliphatic carbocycles. The fraction of sp³-hybridized carbons (Fsp3) is 0.308. The molecule has 16 heavy (non-hydrogen) atoms. The zero-order chi connectivity index (χ0) is 12.1. The van der Waals surface area contributed by atoms with Crippen LogP contribution in [0.25, 0.3) is 10.9 Å². The minimum atomic E-state index is 1.09. The first-order valence-corrected chi connectivity index (χ1v) is 5.14. The Hall–Kier alpha value is -1.79. The van der Waals surface area contributed by atoms with Crippen LogP contribution in [0.1, 0.15) is 18.1 Å². The summed E-state index contributed by atoms with van der Waals surface area (Å²) in [5, 5.41) is 1.22. The van der Waals surface area contributed by atoms with E-state index in [0.717, 1.165) is 11.1 Å². The molecule has 3 nitrogen and oxygen atoms in total. The summed E-state index contributed by atoms with van der Waals surface area (Å²) in [6.07, 6.45) is 5.81. The molecule has 2 aromatic rings. The number of hydrogen-bond donors (Lipinski definition) is 1. The van der Waals surface area contributed by atoms with Crippen molar-refractivity contribution < 1.29 is 0 Å². The third kappa shape index (κ3) is 2.07. The molecule has 84 valence electrons. The number of rotatable bonds is 0. The first-order valence-electron chi connectivity index (χ1n) is 5.14. The van der Waals surface area contributed by atoms with Crippen LogP contribution in [-0.4, -0.2) is 16.6 Å². The predicted octanol–water partition coefficient (Wildman–Crippen LogP) is 1.83. The van der Waals surface area contributed by atoms with Crippen molar-refractivity contribution in [3.8, 4) is 11.8 Å². The Labute approximate surface area is 96.3 Å². The Balaban J connectivity index is 0.000000606. The second-order valence-corrected chi connectivity index (χ2v) is 3.38. The Kier molecular flexibility index (Phi) is 4.10. The number of nitrogens with two attached hydrogens (primary N) is 1. The third-order valence-electron chi connectivity index (χ3n) is 2.35. The molecule has 0 saturated heterocycles. The van der Waals surface area contributed by atoms with Gasteiger partial charge in [-0.05, 0) is 26.5 Å². The van der Waals surface area contributed by atoms with E-state index >= 15 is 0 Å². The largest absolute Gasteiger partial charge is 0.348 e. The molecule has 0 fully saturated rings. The molecule has 0 radical (unpaired) electrons. The number of pyridine rings is 1. The van der Waals surface area contributed by atoms with E-state index in [0.29, 0.717) is 0 Å². The quantitative estimate of drug-likeness (QED) is 0.681. The summed E-state index contributed by atoms with van der Waals surface area (Å²) in [6, 6.07) is 0. The fourth-order valence-electron chi connectivity index (χ4n) is 1.73. The van der Waals surface area contributed by atoms with Crippen molar-refractivity contribution in [3.63, 3.8) is 0 Å². The van der Waals surface area contributed by atoms with E-state index in [1.165, 1.54) is 18.0 Å². The van der Waals surface area contributed by atoms with Gasteiger partial charge in [0.15, 0.2) is 0 Å². The van der Waals surface area contributed by atoms with Crippen LogP contribution in [0.15, 0.2) is 18.6 Å². The van der Waals surface area contributed by atoms with Gasteiger partial charge in [-0.3, -0.25) is 4.98 Å². The van der Waals surface area contributed by atoms with Crippen molar-refractivity contribution in [2.75, 3.05) is 7.05 Å². The lowest BCUT2D eigenvalue weighted by Gasteiger charge is -1.96. The lowest BCUT2D eigenvalue weighted by molar-refractivity contribution is 0.963. The highest BCUT2D eigenvalue weighted by Crippen LogP contribution is 2.22. The summed E-state index contributed by atoms with van der Waals surface area (Å²) in [7, 11) is 3.52. The minimum Gasteiger partial charge on any atom is -0.348 e. The van der Waals surface area contributed by atoms with Crippen molar-refractivity contribution in [2.24, 2.45) is 12.8 Å². The summed E-state index contributed by atoms with van der Waals surface area (Å²) in [5.74, 6) is 6.05. The van der Waals surface area contributed by atoms with Crippen molar-refractivity contribution in [3.05, 3.63) is 29.7 Å².